The lowest BCUT2D eigenvalue weighted by Crippen LogP contribution is -2.32. The van der Waals surface area contributed by atoms with E-state index in [1.807, 2.05) is 12.5 Å². The molecule has 180 valence electrons. The first-order valence-corrected chi connectivity index (χ1v) is 14.6. The monoisotopic (exact) mass is 511 g/mol. The molecule has 1 aromatic heterocycles. The number of nitrogens with zero attached hydrogens (tertiary/aromatic N) is 4. The number of likely N-dealkylation sites (N-methyl/N-ethyl adjacent to an activating group) is 1. The molecule has 0 aliphatic carbocycles. The van der Waals surface area contributed by atoms with Gasteiger partial charge in [-0.1, -0.05) is 19.9 Å². The van der Waals surface area contributed by atoms with E-state index in [0.29, 0.717) is 23.2 Å². The predicted octanol–water partition coefficient (Wildman–Crippen LogP) is 3.91. The average Bonchev–Trinajstić information content (AvgIpc) is 3.47. The molecule has 0 radical (unpaired) electrons. The molecule has 0 bridgehead atoms. The summed E-state index contributed by atoms with van der Waals surface area (Å²) in [5.74, 6) is -0.400. The molecular formula is C22H30FN5O2S3. The van der Waals surface area contributed by atoms with E-state index in [4.69, 9.17) is 10.1 Å². The summed E-state index contributed by atoms with van der Waals surface area (Å²) in [5, 5.41) is 8.43. The van der Waals surface area contributed by atoms with Crippen LogP contribution in [0.2, 0.25) is 0 Å². The minimum Gasteiger partial charge on any atom is -0.296 e. The highest BCUT2D eigenvalue weighted by Crippen LogP contribution is 2.47. The zero-order chi connectivity index (χ0) is 23.9. The Morgan fingerprint density at radius 1 is 1.39 bits per heavy atom. The number of hydrogen-bond acceptors (Lipinski definition) is 7. The predicted molar refractivity (Wildman–Crippen MR) is 135 cm³/mol. The van der Waals surface area contributed by atoms with Crippen molar-refractivity contribution in [3.63, 3.8) is 0 Å². The lowest BCUT2D eigenvalue weighted by atomic mass is 10.1. The smallest absolute Gasteiger partial charge is 0.240 e. The third-order valence-corrected chi connectivity index (χ3v) is 10.4. The number of likely N-dealkylation sites (tertiary alicyclic amines) is 1. The van der Waals surface area contributed by atoms with E-state index < -0.39 is 31.8 Å². The van der Waals surface area contributed by atoms with Gasteiger partial charge < -0.3 is 0 Å². The first-order valence-electron chi connectivity index (χ1n) is 10.8. The molecule has 0 saturated carbocycles. The molecule has 0 spiro atoms. The first kappa shape index (κ1) is 24.5. The van der Waals surface area contributed by atoms with E-state index >= 15 is 0 Å². The molecule has 2 atom stereocenters. The third-order valence-electron chi connectivity index (χ3n) is 6.06. The van der Waals surface area contributed by atoms with Crippen molar-refractivity contribution in [3.8, 4) is 0 Å². The fourth-order valence-corrected chi connectivity index (χ4v) is 7.60. The summed E-state index contributed by atoms with van der Waals surface area (Å²) in [7, 11) is -1.97. The Bertz CT molecular complexity index is 1210. The van der Waals surface area contributed by atoms with Gasteiger partial charge in [-0.2, -0.15) is 0 Å². The van der Waals surface area contributed by atoms with Crippen LogP contribution in [0.25, 0.3) is 5.70 Å². The van der Waals surface area contributed by atoms with Crippen LogP contribution in [0.3, 0.4) is 0 Å². The molecule has 2 N–H and O–H groups in total. The van der Waals surface area contributed by atoms with Gasteiger partial charge in [-0.15, -0.1) is 22.4 Å². The lowest BCUT2D eigenvalue weighted by Gasteiger charge is -2.32. The first-order chi connectivity index (χ1) is 15.5. The van der Waals surface area contributed by atoms with E-state index in [-0.39, 0.29) is 0 Å². The quantitative estimate of drug-likeness (QED) is 0.550. The average molecular weight is 512 g/mol. The molecule has 1 unspecified atom stereocenters. The Hall–Kier alpha value is -1.63. The number of benzene rings is 1. The van der Waals surface area contributed by atoms with Crippen molar-refractivity contribution in [2.24, 2.45) is 10.1 Å². The van der Waals surface area contributed by atoms with Crippen LogP contribution in [0, 0.1) is 5.82 Å². The van der Waals surface area contributed by atoms with E-state index in [2.05, 4.69) is 40.5 Å². The molecule has 2 aromatic rings. The van der Waals surface area contributed by atoms with Crippen LogP contribution in [0.15, 0.2) is 38.4 Å². The maximum Gasteiger partial charge on any atom is 0.240 e. The summed E-state index contributed by atoms with van der Waals surface area (Å²) >= 11 is 0.986. The Balaban J connectivity index is 1.43. The van der Waals surface area contributed by atoms with Gasteiger partial charge in [0.1, 0.15) is 10.7 Å². The van der Waals surface area contributed by atoms with Crippen molar-refractivity contribution < 1.29 is 12.8 Å². The second-order valence-corrected chi connectivity index (χ2v) is 13.4. The number of rotatable bonds is 7. The lowest BCUT2D eigenvalue weighted by molar-refractivity contribution is 0.302. The second-order valence-electron chi connectivity index (χ2n) is 8.80. The van der Waals surface area contributed by atoms with Crippen LogP contribution < -0.4 is 5.14 Å². The number of thiazole rings is 1. The highest BCUT2D eigenvalue weighted by atomic mass is 32.2. The molecule has 2 aliphatic rings. The Labute approximate surface area is 201 Å². The minimum atomic E-state index is -4.10. The summed E-state index contributed by atoms with van der Waals surface area (Å²) in [6.45, 7) is 9.22. The Morgan fingerprint density at radius 3 is 2.79 bits per heavy atom. The van der Waals surface area contributed by atoms with Crippen LogP contribution in [-0.2, 0) is 16.6 Å². The van der Waals surface area contributed by atoms with Gasteiger partial charge in [0.15, 0.2) is 0 Å². The van der Waals surface area contributed by atoms with Gasteiger partial charge in [0.2, 0.25) is 10.0 Å². The van der Waals surface area contributed by atoms with E-state index in [1.54, 1.807) is 17.4 Å². The fraction of sp³-hybridized carbons (Fsp3) is 0.455. The van der Waals surface area contributed by atoms with Crippen LogP contribution in [0.1, 0.15) is 49.4 Å². The Morgan fingerprint density at radius 2 is 2.15 bits per heavy atom. The van der Waals surface area contributed by atoms with E-state index in [1.165, 1.54) is 17.1 Å². The van der Waals surface area contributed by atoms with Gasteiger partial charge in [-0.25, -0.2) is 27.9 Å². The molecule has 7 nitrogen and oxygen atoms in total. The molecule has 1 aromatic carbocycles. The molecular weight excluding hydrogens is 481 g/mol. The maximum atomic E-state index is 14.3. The normalized spacial score (nSPS) is 22.9. The van der Waals surface area contributed by atoms with Gasteiger partial charge >= 0.3 is 0 Å². The highest BCUT2D eigenvalue weighted by Gasteiger charge is 2.31. The zero-order valence-corrected chi connectivity index (χ0v) is 21.7. The zero-order valence-electron chi connectivity index (χ0n) is 19.2. The van der Waals surface area contributed by atoms with Crippen LogP contribution in [-0.4, -0.2) is 54.3 Å². The Kier molecular flexibility index (Phi) is 7.09. The molecule has 1 saturated heterocycles. The number of primary sulfonamides is 1. The van der Waals surface area contributed by atoms with Gasteiger partial charge in [0, 0.05) is 47.4 Å². The van der Waals surface area contributed by atoms with Gasteiger partial charge in [-0.05, 0) is 32.5 Å². The largest absolute Gasteiger partial charge is 0.296 e. The van der Waals surface area contributed by atoms with E-state index in [0.717, 1.165) is 36.7 Å². The summed E-state index contributed by atoms with van der Waals surface area (Å²) in [6.07, 6.45) is 1.07. The highest BCUT2D eigenvalue weighted by molar-refractivity contribution is 8.30. The van der Waals surface area contributed by atoms with Gasteiger partial charge in [0.25, 0.3) is 0 Å². The van der Waals surface area contributed by atoms with Crippen molar-refractivity contribution in [1.29, 1.82) is 0 Å². The standard InChI is InChI=1S/C22H30FN5O2S3/c1-14(2)22-26-17(12-31-22)10-28-8-7-18(11-28)27(4)32-13-25-21(15(32)3)16-5-6-20(19(23)9-16)33(24,29)30/h5-6,9,12-14,18,32H,7-8,10-11H2,1-4H3,(H2,24,29,30)/t18-/m0/s1. The summed E-state index contributed by atoms with van der Waals surface area (Å²) in [4.78, 5) is 12.4. The van der Waals surface area contributed by atoms with Crippen LogP contribution in [0.4, 0.5) is 4.39 Å². The number of aliphatic imine (C=N–C) groups is 1. The molecule has 1 fully saturated rings. The van der Waals surface area contributed by atoms with Crippen LogP contribution >= 0.6 is 22.4 Å². The number of allylic oxidation sites excluding steroid dienone is 1. The minimum absolute atomic E-state index is 0.404. The van der Waals surface area contributed by atoms with Gasteiger partial charge in [-0.3, -0.25) is 9.21 Å². The van der Waals surface area contributed by atoms with Crippen molar-refractivity contribution in [3.05, 3.63) is 50.6 Å². The van der Waals surface area contributed by atoms with Gasteiger partial charge in [0.05, 0.1) is 21.9 Å². The molecule has 0 amide bonds. The van der Waals surface area contributed by atoms with Crippen molar-refractivity contribution in [2.75, 3.05) is 20.1 Å². The maximum absolute atomic E-state index is 14.3. The molecule has 11 heteroatoms. The number of sulfonamides is 1. The molecule has 4 rings (SSSR count). The number of halogens is 1. The van der Waals surface area contributed by atoms with Crippen molar-refractivity contribution in [1.82, 2.24) is 14.2 Å². The summed E-state index contributed by atoms with van der Waals surface area (Å²) < 4.78 is 39.7. The topological polar surface area (TPSA) is 91.9 Å². The SMILES string of the molecule is CC1=C(c2ccc(S(N)(=O)=O)c(F)c2)N=C[SH]1N(C)[C@H]1CCN(Cc2csc(C(C)C)n2)C1. The summed E-state index contributed by atoms with van der Waals surface area (Å²) in [5.41, 5.74) is 4.35. The number of hydrogen-bond donors (Lipinski definition) is 2. The summed E-state index contributed by atoms with van der Waals surface area (Å²) in [6, 6.07) is 4.37. The number of thiol groups is 1. The number of aromatic nitrogens is 1. The fourth-order valence-electron chi connectivity index (χ4n) is 4.21. The second kappa shape index (κ2) is 9.55. The van der Waals surface area contributed by atoms with Crippen molar-refractivity contribution in [2.45, 2.75) is 50.6 Å². The molecule has 3 heterocycles. The number of nitrogens with two attached hydrogens (primary N) is 1. The molecule has 2 aliphatic heterocycles. The third kappa shape index (κ3) is 5.23. The van der Waals surface area contributed by atoms with E-state index in [9.17, 15) is 12.8 Å². The van der Waals surface area contributed by atoms with Crippen LogP contribution in [0.5, 0.6) is 0 Å². The molecule has 33 heavy (non-hydrogen) atoms. The van der Waals surface area contributed by atoms with Crippen molar-refractivity contribution >= 4 is 43.7 Å².